The van der Waals surface area contributed by atoms with Gasteiger partial charge in [-0.05, 0) is 74.1 Å². The van der Waals surface area contributed by atoms with Gasteiger partial charge in [0.2, 0.25) is 17.2 Å². The van der Waals surface area contributed by atoms with E-state index in [2.05, 4.69) is 36.1 Å². The number of rotatable bonds is 31. The van der Waals surface area contributed by atoms with Crippen molar-refractivity contribution in [2.45, 2.75) is 75.1 Å². The van der Waals surface area contributed by atoms with Crippen LogP contribution in [0.25, 0.3) is 33.4 Å². The van der Waals surface area contributed by atoms with Gasteiger partial charge in [-0.25, -0.2) is 14.2 Å². The lowest BCUT2D eigenvalue weighted by Gasteiger charge is -2.33. The lowest BCUT2D eigenvalue weighted by atomic mass is 9.89. The second kappa shape index (κ2) is 27.9. The number of carbonyl (C=O) groups is 5. The first kappa shape index (κ1) is 54.8. The van der Waals surface area contributed by atoms with Gasteiger partial charge in [-0.3, -0.25) is 14.4 Å². The van der Waals surface area contributed by atoms with E-state index in [-0.39, 0.29) is 53.9 Å². The highest BCUT2D eigenvalue weighted by atomic mass is 35.5. The van der Waals surface area contributed by atoms with E-state index < -0.39 is 5.97 Å². The molecule has 0 unspecified atom stereocenters. The van der Waals surface area contributed by atoms with E-state index in [0.717, 1.165) is 86.6 Å². The van der Waals surface area contributed by atoms with Crippen molar-refractivity contribution in [3.05, 3.63) is 71.1 Å². The van der Waals surface area contributed by atoms with Crippen LogP contribution in [-0.4, -0.2) is 162 Å². The van der Waals surface area contributed by atoms with E-state index in [4.69, 9.17) is 35.0 Å². The molecule has 0 radical (unpaired) electrons. The monoisotopic (exact) mass is 1060 g/mol. The number of fused-ring (bicyclic) bond motifs is 3. The number of carboxylic acids is 1. The number of nitrogens with one attached hydrogen (secondary N) is 5. The Balaban J connectivity index is 0.794. The summed E-state index contributed by atoms with van der Waals surface area (Å²) in [5.74, 6) is 0.436. The van der Waals surface area contributed by atoms with Crippen LogP contribution in [0.3, 0.4) is 0 Å². The summed E-state index contributed by atoms with van der Waals surface area (Å²) in [5.41, 5.74) is 3.69. The highest BCUT2D eigenvalue weighted by molar-refractivity contribution is 8.00. The quantitative estimate of drug-likeness (QED) is 0.0128. The van der Waals surface area contributed by atoms with Crippen molar-refractivity contribution in [1.82, 2.24) is 31.2 Å². The first-order valence-electron chi connectivity index (χ1n) is 26.3. The van der Waals surface area contributed by atoms with Crippen LogP contribution in [0.1, 0.15) is 78.5 Å². The van der Waals surface area contributed by atoms with Gasteiger partial charge >= 0.3 is 12.0 Å². The molecule has 0 aromatic heterocycles. The summed E-state index contributed by atoms with van der Waals surface area (Å²) in [4.78, 5) is 65.5. The molecule has 400 valence electrons. The number of carboxylic acid groups (broad SMARTS) is 1. The molecule has 2 aromatic carbocycles. The molecule has 6 aliphatic rings. The van der Waals surface area contributed by atoms with Gasteiger partial charge in [-0.1, -0.05) is 19.3 Å². The number of carbonyl (C=O) groups excluding carboxylic acids is 4. The number of halogens is 1. The minimum absolute atomic E-state index is 0.00550. The van der Waals surface area contributed by atoms with Gasteiger partial charge in [-0.2, -0.15) is 11.8 Å². The molecular formula is C54H71ClN7O11S+. The summed E-state index contributed by atoms with van der Waals surface area (Å²) < 4.78 is 31.3. The molecule has 5 amide bonds. The van der Waals surface area contributed by atoms with Gasteiger partial charge < -0.3 is 60.0 Å². The predicted molar refractivity (Wildman–Crippen MR) is 285 cm³/mol. The predicted octanol–water partition coefficient (Wildman–Crippen LogP) is 5.07. The maximum atomic E-state index is 13.5. The van der Waals surface area contributed by atoms with Crippen LogP contribution in [0.2, 0.25) is 0 Å². The first-order valence-corrected chi connectivity index (χ1v) is 27.8. The van der Waals surface area contributed by atoms with Crippen LogP contribution in [0.5, 0.6) is 0 Å². The SMILES string of the molecule is O=C(CCCC[C@@H]1SC[C@@H]2NC(=O)N[C@@H]21)NCCOCCOCCNC(=O)C1C[N+](=c2ccc3c(-c4cc(C(=O)NCCOCCOCCCCCCCl)ccc4C(=O)O)c4ccc(N5CCC5)cc4oc-3c2)C1. The third-order valence-electron chi connectivity index (χ3n) is 14.0. The average molecular weight is 1060 g/mol. The Morgan fingerprint density at radius 3 is 2.23 bits per heavy atom. The normalized spacial score (nSPS) is 18.9. The van der Waals surface area contributed by atoms with E-state index in [1.807, 2.05) is 48.2 Å². The van der Waals surface area contributed by atoms with Gasteiger partial charge in [0.1, 0.15) is 11.3 Å². The third kappa shape index (κ3) is 14.9. The average Bonchev–Trinajstić information content (AvgIpc) is 3.92. The maximum Gasteiger partial charge on any atom is 0.336 e. The number of anilines is 1. The van der Waals surface area contributed by atoms with Gasteiger partial charge in [0.05, 0.1) is 70.0 Å². The van der Waals surface area contributed by atoms with Gasteiger partial charge in [-0.15, -0.1) is 11.6 Å². The number of hydrogen-bond acceptors (Lipinski definition) is 12. The number of nitrogens with zero attached hydrogens (tertiary/aromatic N) is 2. The van der Waals surface area contributed by atoms with Crippen molar-refractivity contribution < 1.29 is 52.4 Å². The zero-order valence-corrected chi connectivity index (χ0v) is 43.7. The van der Waals surface area contributed by atoms with Crippen molar-refractivity contribution in [2.75, 3.05) is 115 Å². The number of aromatic carboxylic acids is 1. The van der Waals surface area contributed by atoms with Crippen LogP contribution in [0.4, 0.5) is 10.5 Å². The Morgan fingerprint density at radius 2 is 1.50 bits per heavy atom. The Hall–Kier alpha value is -5.44. The van der Waals surface area contributed by atoms with Crippen LogP contribution < -0.4 is 41.4 Å². The van der Waals surface area contributed by atoms with Gasteiger partial charge in [0.15, 0.2) is 19.0 Å². The fourth-order valence-corrected chi connectivity index (χ4v) is 11.4. The molecule has 4 fully saturated rings. The second-order valence-electron chi connectivity index (χ2n) is 19.2. The molecule has 5 aliphatic heterocycles. The van der Waals surface area contributed by atoms with E-state index in [1.165, 1.54) is 12.1 Å². The molecule has 4 saturated heterocycles. The Labute approximate surface area is 441 Å². The summed E-state index contributed by atoms with van der Waals surface area (Å²) >= 11 is 7.62. The number of amides is 5. The summed E-state index contributed by atoms with van der Waals surface area (Å²) in [6.07, 6.45) is 8.48. The summed E-state index contributed by atoms with van der Waals surface area (Å²) in [6.45, 7) is 7.28. The van der Waals surface area contributed by atoms with Crippen molar-refractivity contribution in [3.63, 3.8) is 0 Å². The molecule has 18 nitrogen and oxygen atoms in total. The van der Waals surface area contributed by atoms with E-state index >= 15 is 0 Å². The molecule has 6 N–H and O–H groups in total. The van der Waals surface area contributed by atoms with Crippen LogP contribution >= 0.6 is 23.4 Å². The van der Waals surface area contributed by atoms with Crippen molar-refractivity contribution in [2.24, 2.45) is 5.92 Å². The number of urea groups is 1. The number of ether oxygens (including phenoxy) is 4. The smallest absolute Gasteiger partial charge is 0.336 e. The molecule has 5 heterocycles. The molecule has 0 bridgehead atoms. The van der Waals surface area contributed by atoms with E-state index in [1.54, 1.807) is 6.07 Å². The Bertz CT molecular complexity index is 2600. The minimum atomic E-state index is -1.12. The van der Waals surface area contributed by atoms with E-state index in [9.17, 15) is 29.1 Å². The molecular weight excluding hydrogens is 990 g/mol. The van der Waals surface area contributed by atoms with Gasteiger partial charge in [0.25, 0.3) is 5.91 Å². The lowest BCUT2D eigenvalue weighted by Crippen LogP contribution is -2.55. The fourth-order valence-electron chi connectivity index (χ4n) is 9.71. The van der Waals surface area contributed by atoms with Crippen molar-refractivity contribution >= 4 is 69.7 Å². The topological polar surface area (TPSA) is 222 Å². The molecule has 3 atom stereocenters. The van der Waals surface area contributed by atoms with Crippen molar-refractivity contribution in [1.29, 1.82) is 0 Å². The van der Waals surface area contributed by atoms with E-state index in [0.29, 0.717) is 130 Å². The molecule has 8 rings (SSSR count). The molecule has 1 aliphatic carbocycles. The van der Waals surface area contributed by atoms with Crippen LogP contribution in [-0.2, 0) is 28.5 Å². The molecule has 0 spiro atoms. The Morgan fingerprint density at radius 1 is 0.770 bits per heavy atom. The summed E-state index contributed by atoms with van der Waals surface area (Å²) in [5, 5.41) is 27.2. The number of alkyl halides is 1. The molecule has 20 heteroatoms. The second-order valence-corrected chi connectivity index (χ2v) is 20.8. The summed E-state index contributed by atoms with van der Waals surface area (Å²) in [7, 11) is 0. The third-order valence-corrected chi connectivity index (χ3v) is 15.7. The molecule has 2 aromatic rings. The van der Waals surface area contributed by atoms with Crippen LogP contribution in [0.15, 0.2) is 59.0 Å². The lowest BCUT2D eigenvalue weighted by molar-refractivity contribution is -0.127. The Kier molecular flexibility index (Phi) is 20.7. The highest BCUT2D eigenvalue weighted by Gasteiger charge is 2.42. The molecule has 74 heavy (non-hydrogen) atoms. The largest absolute Gasteiger partial charge is 0.478 e. The van der Waals surface area contributed by atoms with Crippen molar-refractivity contribution in [3.8, 4) is 22.5 Å². The zero-order valence-electron chi connectivity index (χ0n) is 42.1. The highest BCUT2D eigenvalue weighted by Crippen LogP contribution is 2.43. The number of benzene rings is 3. The fraction of sp³-hybridized carbons (Fsp3) is 0.556. The number of hydrogen-bond donors (Lipinski definition) is 6. The zero-order chi connectivity index (χ0) is 51.7. The van der Waals surface area contributed by atoms with Crippen LogP contribution in [0, 0.1) is 5.92 Å². The standard InChI is InChI=1S/C54H70ClN7O11S/c55-16-5-1-2-6-22-69-26-27-71-24-18-57-51(64)36-10-13-40(53(66)67)43(30-36)49-41-14-11-38(61-20-7-21-61)31-45(41)73-46-32-39(12-15-42(46)49)62-33-37(34-62)52(65)58-19-25-72-29-28-70-23-17-56-48(63)9-4-3-8-47-50-44(35-74-47)59-54(68)60-50/h10-15,30-32,37,44,47,50H,1-9,16-29,33-35H2,(H5-,56,57,58,59,60,63,64,65,66,67,68)/p+1/t44-,47-,50-/m0/s1. The number of thioether (sulfide) groups is 1. The first-order chi connectivity index (χ1) is 36.2. The molecule has 0 saturated carbocycles. The maximum absolute atomic E-state index is 13.5. The summed E-state index contributed by atoms with van der Waals surface area (Å²) in [6, 6.07) is 16.8. The number of unbranched alkanes of at least 4 members (excludes halogenated alkanes) is 4. The minimum Gasteiger partial charge on any atom is -0.478 e. The van der Waals surface area contributed by atoms with Gasteiger partial charge in [0, 0.05) is 103 Å².